The molecule has 0 unspecified atom stereocenters. The molecule has 1 fully saturated rings. The summed E-state index contributed by atoms with van der Waals surface area (Å²) < 4.78 is 27.7. The second-order valence-corrected chi connectivity index (χ2v) is 7.61. The van der Waals surface area contributed by atoms with Crippen LogP contribution < -0.4 is 10.0 Å². The fourth-order valence-electron chi connectivity index (χ4n) is 2.42. The number of hydrogen-bond acceptors (Lipinski definition) is 4. The van der Waals surface area contributed by atoms with Crippen molar-refractivity contribution in [3.63, 3.8) is 0 Å². The summed E-state index contributed by atoms with van der Waals surface area (Å²) in [7, 11) is -3.58. The molecule has 1 aromatic rings. The van der Waals surface area contributed by atoms with Crippen LogP contribution in [0.4, 0.5) is 5.82 Å². The Kier molecular flexibility index (Phi) is 5.11. The van der Waals surface area contributed by atoms with Crippen molar-refractivity contribution in [1.29, 1.82) is 0 Å². The van der Waals surface area contributed by atoms with Crippen molar-refractivity contribution >= 4 is 27.4 Å². The molecule has 118 valence electrons. The van der Waals surface area contributed by atoms with E-state index in [0.29, 0.717) is 10.8 Å². The number of nitrogens with zero attached hydrogens (tertiary/aromatic N) is 1. The van der Waals surface area contributed by atoms with E-state index in [4.69, 9.17) is 11.6 Å². The van der Waals surface area contributed by atoms with Gasteiger partial charge < -0.3 is 5.32 Å². The standard InChI is InChI=1S/C14H22ClN3O2S/c1-3-8-16-13-12(15)9-11(10-17-13)21(19,20)18-14(4-2)6-5-7-14/h9-10,18H,3-8H2,1-2H3,(H,16,17). The Bertz CT molecular complexity index is 595. The third kappa shape index (κ3) is 3.67. The van der Waals surface area contributed by atoms with Crippen LogP contribution in [-0.4, -0.2) is 25.5 Å². The fourth-order valence-corrected chi connectivity index (χ4v) is 4.21. The van der Waals surface area contributed by atoms with Gasteiger partial charge >= 0.3 is 0 Å². The Labute approximate surface area is 131 Å². The molecule has 0 amide bonds. The number of pyridine rings is 1. The van der Waals surface area contributed by atoms with E-state index in [1.165, 1.54) is 12.3 Å². The zero-order valence-corrected chi connectivity index (χ0v) is 14.0. The number of hydrogen-bond donors (Lipinski definition) is 2. The molecular weight excluding hydrogens is 310 g/mol. The molecule has 0 bridgehead atoms. The first-order valence-electron chi connectivity index (χ1n) is 7.36. The van der Waals surface area contributed by atoms with E-state index in [1.54, 1.807) is 0 Å². The van der Waals surface area contributed by atoms with Gasteiger partial charge in [0.1, 0.15) is 10.7 Å². The summed E-state index contributed by atoms with van der Waals surface area (Å²) in [4.78, 5) is 4.24. The molecule has 0 aliphatic heterocycles. The Morgan fingerprint density at radius 1 is 1.38 bits per heavy atom. The molecule has 0 spiro atoms. The van der Waals surface area contributed by atoms with Gasteiger partial charge in [0.2, 0.25) is 10.0 Å². The maximum absolute atomic E-state index is 12.4. The summed E-state index contributed by atoms with van der Waals surface area (Å²) in [6.07, 6.45) is 5.94. The van der Waals surface area contributed by atoms with Gasteiger partial charge in [-0.25, -0.2) is 18.1 Å². The van der Waals surface area contributed by atoms with Crippen LogP contribution in [0, 0.1) is 0 Å². The normalized spacial score (nSPS) is 17.3. The maximum Gasteiger partial charge on any atom is 0.242 e. The molecule has 5 nitrogen and oxygen atoms in total. The molecule has 1 aromatic heterocycles. The minimum atomic E-state index is -3.58. The summed E-state index contributed by atoms with van der Waals surface area (Å²) in [5.74, 6) is 0.520. The number of aromatic nitrogens is 1. The van der Waals surface area contributed by atoms with Crippen LogP contribution in [0.3, 0.4) is 0 Å². The molecule has 7 heteroatoms. The third-order valence-corrected chi connectivity index (χ3v) is 5.84. The summed E-state index contributed by atoms with van der Waals surface area (Å²) in [6, 6.07) is 1.46. The summed E-state index contributed by atoms with van der Waals surface area (Å²) in [6.45, 7) is 4.78. The summed E-state index contributed by atoms with van der Waals surface area (Å²) >= 11 is 6.11. The maximum atomic E-state index is 12.4. The summed E-state index contributed by atoms with van der Waals surface area (Å²) in [5, 5.41) is 3.39. The van der Waals surface area contributed by atoms with E-state index in [2.05, 4.69) is 15.0 Å². The lowest BCUT2D eigenvalue weighted by molar-refractivity contribution is 0.214. The first kappa shape index (κ1) is 16.5. The van der Waals surface area contributed by atoms with E-state index >= 15 is 0 Å². The molecule has 1 heterocycles. The molecule has 0 saturated heterocycles. The van der Waals surface area contributed by atoms with E-state index in [1.807, 2.05) is 13.8 Å². The lowest BCUT2D eigenvalue weighted by atomic mass is 9.76. The lowest BCUT2D eigenvalue weighted by Crippen LogP contribution is -2.52. The molecular formula is C14H22ClN3O2S. The highest BCUT2D eigenvalue weighted by Gasteiger charge is 2.39. The number of sulfonamides is 1. The van der Waals surface area contributed by atoms with Crippen LogP contribution in [0.5, 0.6) is 0 Å². The van der Waals surface area contributed by atoms with Crippen molar-refractivity contribution in [2.75, 3.05) is 11.9 Å². The van der Waals surface area contributed by atoms with Crippen LogP contribution in [0.1, 0.15) is 46.0 Å². The van der Waals surface area contributed by atoms with Crippen molar-refractivity contribution in [1.82, 2.24) is 9.71 Å². The van der Waals surface area contributed by atoms with Gasteiger partial charge in [-0.1, -0.05) is 25.4 Å². The second kappa shape index (κ2) is 6.50. The SMILES string of the molecule is CCCNc1ncc(S(=O)(=O)NC2(CC)CCC2)cc1Cl. The zero-order valence-electron chi connectivity index (χ0n) is 12.4. The van der Waals surface area contributed by atoms with Crippen LogP contribution in [-0.2, 0) is 10.0 Å². The monoisotopic (exact) mass is 331 g/mol. The van der Waals surface area contributed by atoms with Crippen LogP contribution in [0.15, 0.2) is 17.2 Å². The molecule has 1 aliphatic carbocycles. The molecule has 2 N–H and O–H groups in total. The molecule has 2 rings (SSSR count). The summed E-state index contributed by atoms with van der Waals surface area (Å²) in [5.41, 5.74) is -0.287. The minimum absolute atomic E-state index is 0.120. The van der Waals surface area contributed by atoms with Gasteiger partial charge in [-0.2, -0.15) is 0 Å². The highest BCUT2D eigenvalue weighted by atomic mass is 35.5. The van der Waals surface area contributed by atoms with Crippen molar-refractivity contribution in [2.24, 2.45) is 0 Å². The number of nitrogens with one attached hydrogen (secondary N) is 2. The van der Waals surface area contributed by atoms with Gasteiger partial charge in [0.25, 0.3) is 0 Å². The average Bonchev–Trinajstić information content (AvgIpc) is 2.41. The van der Waals surface area contributed by atoms with Crippen LogP contribution in [0.25, 0.3) is 0 Å². The molecule has 0 aromatic carbocycles. The fraction of sp³-hybridized carbons (Fsp3) is 0.643. The van der Waals surface area contributed by atoms with Gasteiger partial charge in [0, 0.05) is 18.3 Å². The quantitative estimate of drug-likeness (QED) is 0.805. The predicted molar refractivity (Wildman–Crippen MR) is 85.2 cm³/mol. The van der Waals surface area contributed by atoms with Gasteiger partial charge in [0.15, 0.2) is 0 Å². The Hall–Kier alpha value is -0.850. The molecule has 1 saturated carbocycles. The minimum Gasteiger partial charge on any atom is -0.369 e. The van der Waals surface area contributed by atoms with Gasteiger partial charge in [0.05, 0.1) is 5.02 Å². The average molecular weight is 332 g/mol. The Morgan fingerprint density at radius 2 is 2.10 bits per heavy atom. The molecule has 1 aliphatic rings. The van der Waals surface area contributed by atoms with Gasteiger partial charge in [-0.3, -0.25) is 0 Å². The smallest absolute Gasteiger partial charge is 0.242 e. The van der Waals surface area contributed by atoms with Crippen molar-refractivity contribution in [3.8, 4) is 0 Å². The third-order valence-electron chi connectivity index (χ3n) is 4.01. The molecule has 21 heavy (non-hydrogen) atoms. The van der Waals surface area contributed by atoms with E-state index in [-0.39, 0.29) is 10.4 Å². The Balaban J connectivity index is 2.18. The molecule has 0 atom stereocenters. The number of rotatable bonds is 7. The van der Waals surface area contributed by atoms with Gasteiger partial charge in [-0.05, 0) is 38.2 Å². The second-order valence-electron chi connectivity index (χ2n) is 5.52. The first-order chi connectivity index (χ1) is 9.92. The van der Waals surface area contributed by atoms with E-state index < -0.39 is 10.0 Å². The molecule has 0 radical (unpaired) electrons. The van der Waals surface area contributed by atoms with Crippen molar-refractivity contribution in [3.05, 3.63) is 17.3 Å². The largest absolute Gasteiger partial charge is 0.369 e. The van der Waals surface area contributed by atoms with Gasteiger partial charge in [-0.15, -0.1) is 0 Å². The van der Waals surface area contributed by atoms with Crippen molar-refractivity contribution < 1.29 is 8.42 Å². The number of anilines is 1. The first-order valence-corrected chi connectivity index (χ1v) is 9.22. The zero-order chi connectivity index (χ0) is 15.5. The highest BCUT2D eigenvalue weighted by molar-refractivity contribution is 7.89. The van der Waals surface area contributed by atoms with Crippen LogP contribution in [0.2, 0.25) is 5.02 Å². The van der Waals surface area contributed by atoms with Crippen molar-refractivity contribution in [2.45, 2.75) is 56.4 Å². The van der Waals surface area contributed by atoms with E-state index in [9.17, 15) is 8.42 Å². The Morgan fingerprint density at radius 3 is 2.57 bits per heavy atom. The lowest BCUT2D eigenvalue weighted by Gasteiger charge is -2.41. The number of halogens is 1. The predicted octanol–water partition coefficient (Wildman–Crippen LogP) is 3.17. The topological polar surface area (TPSA) is 71.1 Å². The highest BCUT2D eigenvalue weighted by Crippen LogP contribution is 2.36. The van der Waals surface area contributed by atoms with Crippen LogP contribution >= 0.6 is 11.6 Å². The van der Waals surface area contributed by atoms with E-state index in [0.717, 1.165) is 38.6 Å².